The van der Waals surface area contributed by atoms with Gasteiger partial charge in [0.25, 0.3) is 0 Å². The van der Waals surface area contributed by atoms with Gasteiger partial charge in [-0.25, -0.2) is 0 Å². The molecule has 0 aliphatic carbocycles. The molecular formula is C11H25NO. The van der Waals surface area contributed by atoms with Crippen LogP contribution in [0.25, 0.3) is 0 Å². The Balaban J connectivity index is 3.49. The molecule has 0 amide bonds. The molecule has 1 unspecified atom stereocenters. The van der Waals surface area contributed by atoms with E-state index >= 15 is 0 Å². The Bertz CT molecular complexity index is 118. The van der Waals surface area contributed by atoms with Crippen LogP contribution in [-0.2, 0) is 0 Å². The van der Waals surface area contributed by atoms with Gasteiger partial charge in [-0.2, -0.15) is 0 Å². The van der Waals surface area contributed by atoms with Gasteiger partial charge in [-0.05, 0) is 30.8 Å². The highest BCUT2D eigenvalue weighted by Gasteiger charge is 2.11. The van der Waals surface area contributed by atoms with Crippen molar-refractivity contribution in [2.24, 2.45) is 11.3 Å². The van der Waals surface area contributed by atoms with Crippen molar-refractivity contribution in [1.29, 1.82) is 0 Å². The summed E-state index contributed by atoms with van der Waals surface area (Å²) in [5.74, 6) is 0.632. The van der Waals surface area contributed by atoms with E-state index in [0.717, 1.165) is 25.9 Å². The zero-order valence-electron chi connectivity index (χ0n) is 9.56. The highest BCUT2D eigenvalue weighted by Crippen LogP contribution is 2.11. The van der Waals surface area contributed by atoms with Crippen molar-refractivity contribution in [3.05, 3.63) is 0 Å². The molecule has 0 spiro atoms. The third kappa shape index (κ3) is 8.26. The van der Waals surface area contributed by atoms with Crippen LogP contribution in [0, 0.1) is 11.3 Å². The molecule has 2 heteroatoms. The third-order valence-electron chi connectivity index (χ3n) is 2.20. The molecule has 0 radical (unpaired) electrons. The Morgan fingerprint density at radius 3 is 2.31 bits per heavy atom. The lowest BCUT2D eigenvalue weighted by atomic mass is 9.96. The van der Waals surface area contributed by atoms with Crippen molar-refractivity contribution in [2.75, 3.05) is 19.7 Å². The summed E-state index contributed by atoms with van der Waals surface area (Å²) < 4.78 is 0. The fourth-order valence-corrected chi connectivity index (χ4v) is 1.28. The standard InChI is InChI=1S/C11H25NO/c1-5-10(6-7-13)8-12-9-11(2,3)4/h10,12-13H,5-9H2,1-4H3. The molecule has 0 rings (SSSR count). The fraction of sp³-hybridized carbons (Fsp3) is 1.00. The van der Waals surface area contributed by atoms with Crippen LogP contribution >= 0.6 is 0 Å². The molecule has 2 N–H and O–H groups in total. The molecule has 1 atom stereocenters. The molecule has 0 aromatic rings. The summed E-state index contributed by atoms with van der Waals surface area (Å²) in [7, 11) is 0. The lowest BCUT2D eigenvalue weighted by Crippen LogP contribution is -2.31. The van der Waals surface area contributed by atoms with Gasteiger partial charge in [0.1, 0.15) is 0 Å². The topological polar surface area (TPSA) is 32.3 Å². The van der Waals surface area contributed by atoms with Crippen LogP contribution in [0.4, 0.5) is 0 Å². The first-order valence-corrected chi connectivity index (χ1v) is 5.31. The second-order valence-electron chi connectivity index (χ2n) is 4.98. The zero-order valence-corrected chi connectivity index (χ0v) is 9.56. The number of aliphatic hydroxyl groups is 1. The Kier molecular flexibility index (Phi) is 6.35. The van der Waals surface area contributed by atoms with E-state index in [1.165, 1.54) is 0 Å². The van der Waals surface area contributed by atoms with Gasteiger partial charge in [-0.1, -0.05) is 34.1 Å². The molecular weight excluding hydrogens is 162 g/mol. The van der Waals surface area contributed by atoms with Crippen molar-refractivity contribution >= 4 is 0 Å². The first-order chi connectivity index (χ1) is 5.99. The maximum absolute atomic E-state index is 8.80. The fourth-order valence-electron chi connectivity index (χ4n) is 1.28. The molecule has 0 saturated carbocycles. The quantitative estimate of drug-likeness (QED) is 0.667. The minimum atomic E-state index is 0.315. The number of hydrogen-bond donors (Lipinski definition) is 2. The smallest absolute Gasteiger partial charge is 0.0434 e. The minimum Gasteiger partial charge on any atom is -0.396 e. The number of rotatable bonds is 6. The summed E-state index contributed by atoms with van der Waals surface area (Å²) in [4.78, 5) is 0. The second kappa shape index (κ2) is 6.39. The van der Waals surface area contributed by atoms with Gasteiger partial charge < -0.3 is 10.4 Å². The molecule has 0 fully saturated rings. The number of nitrogens with one attached hydrogen (secondary N) is 1. The van der Waals surface area contributed by atoms with Crippen LogP contribution in [0.3, 0.4) is 0 Å². The van der Waals surface area contributed by atoms with E-state index in [0.29, 0.717) is 17.9 Å². The Morgan fingerprint density at radius 2 is 1.92 bits per heavy atom. The van der Waals surface area contributed by atoms with Crippen LogP contribution < -0.4 is 5.32 Å². The van der Waals surface area contributed by atoms with Crippen LogP contribution in [0.1, 0.15) is 40.5 Å². The van der Waals surface area contributed by atoms with Gasteiger partial charge in [0.2, 0.25) is 0 Å². The van der Waals surface area contributed by atoms with Crippen LogP contribution in [0.15, 0.2) is 0 Å². The molecule has 0 aliphatic rings. The van der Waals surface area contributed by atoms with Crippen molar-refractivity contribution in [3.63, 3.8) is 0 Å². The van der Waals surface area contributed by atoms with Crippen molar-refractivity contribution in [2.45, 2.75) is 40.5 Å². The molecule has 0 aliphatic heterocycles. The maximum Gasteiger partial charge on any atom is 0.0434 e. The molecule has 0 aromatic carbocycles. The van der Waals surface area contributed by atoms with E-state index in [1.54, 1.807) is 0 Å². The Labute approximate surface area is 82.7 Å². The van der Waals surface area contributed by atoms with Crippen molar-refractivity contribution < 1.29 is 5.11 Å². The SMILES string of the molecule is CCC(CCO)CNCC(C)(C)C. The molecule has 0 bridgehead atoms. The van der Waals surface area contributed by atoms with Gasteiger partial charge in [0.05, 0.1) is 0 Å². The summed E-state index contributed by atoms with van der Waals surface area (Å²) >= 11 is 0. The van der Waals surface area contributed by atoms with Crippen LogP contribution in [0.5, 0.6) is 0 Å². The van der Waals surface area contributed by atoms with E-state index < -0.39 is 0 Å². The molecule has 13 heavy (non-hydrogen) atoms. The lowest BCUT2D eigenvalue weighted by Gasteiger charge is -2.21. The largest absolute Gasteiger partial charge is 0.396 e. The second-order valence-corrected chi connectivity index (χ2v) is 4.98. The highest BCUT2D eigenvalue weighted by atomic mass is 16.3. The monoisotopic (exact) mass is 187 g/mol. The zero-order chi connectivity index (χ0) is 10.3. The Hall–Kier alpha value is -0.0800. The average Bonchev–Trinajstić information content (AvgIpc) is 2.01. The predicted octanol–water partition coefficient (Wildman–Crippen LogP) is 2.03. The van der Waals surface area contributed by atoms with E-state index in [1.807, 2.05) is 0 Å². The highest BCUT2D eigenvalue weighted by molar-refractivity contribution is 4.67. The Morgan fingerprint density at radius 1 is 1.31 bits per heavy atom. The first-order valence-electron chi connectivity index (χ1n) is 5.31. The molecule has 0 heterocycles. The maximum atomic E-state index is 8.80. The van der Waals surface area contributed by atoms with Gasteiger partial charge in [-0.15, -0.1) is 0 Å². The lowest BCUT2D eigenvalue weighted by molar-refractivity contribution is 0.247. The molecule has 0 saturated heterocycles. The number of aliphatic hydroxyl groups excluding tert-OH is 1. The van der Waals surface area contributed by atoms with Crippen LogP contribution in [-0.4, -0.2) is 24.8 Å². The van der Waals surface area contributed by atoms with E-state index in [9.17, 15) is 0 Å². The average molecular weight is 187 g/mol. The summed E-state index contributed by atoms with van der Waals surface area (Å²) in [5, 5.41) is 12.2. The molecule has 80 valence electrons. The first kappa shape index (κ1) is 12.9. The van der Waals surface area contributed by atoms with E-state index in [-0.39, 0.29) is 0 Å². The summed E-state index contributed by atoms with van der Waals surface area (Å²) in [6.45, 7) is 11.3. The molecule has 0 aromatic heterocycles. The van der Waals surface area contributed by atoms with Crippen LogP contribution in [0.2, 0.25) is 0 Å². The minimum absolute atomic E-state index is 0.315. The van der Waals surface area contributed by atoms with E-state index in [4.69, 9.17) is 5.11 Å². The van der Waals surface area contributed by atoms with Gasteiger partial charge >= 0.3 is 0 Å². The van der Waals surface area contributed by atoms with Gasteiger partial charge in [0, 0.05) is 6.61 Å². The summed E-state index contributed by atoms with van der Waals surface area (Å²) in [6, 6.07) is 0. The molecule has 2 nitrogen and oxygen atoms in total. The predicted molar refractivity (Wildman–Crippen MR) is 57.8 cm³/mol. The van der Waals surface area contributed by atoms with Crippen molar-refractivity contribution in [3.8, 4) is 0 Å². The number of hydrogen-bond acceptors (Lipinski definition) is 2. The normalized spacial score (nSPS) is 14.5. The van der Waals surface area contributed by atoms with Crippen molar-refractivity contribution in [1.82, 2.24) is 5.32 Å². The van der Waals surface area contributed by atoms with E-state index in [2.05, 4.69) is 33.0 Å². The van der Waals surface area contributed by atoms with Gasteiger partial charge in [-0.3, -0.25) is 0 Å². The summed E-state index contributed by atoms with van der Waals surface area (Å²) in [5.41, 5.74) is 0.359. The summed E-state index contributed by atoms with van der Waals surface area (Å²) in [6.07, 6.45) is 2.07. The van der Waals surface area contributed by atoms with Gasteiger partial charge in [0.15, 0.2) is 0 Å². The third-order valence-corrected chi connectivity index (χ3v) is 2.20.